The van der Waals surface area contributed by atoms with Gasteiger partial charge in [0.1, 0.15) is 5.75 Å². The molecule has 0 radical (unpaired) electrons. The first-order chi connectivity index (χ1) is 12.5. The number of hydrogen-bond acceptors (Lipinski definition) is 3. The zero-order chi connectivity index (χ0) is 18.5. The Morgan fingerprint density at radius 1 is 1.27 bits per heavy atom. The first-order valence-corrected chi connectivity index (χ1v) is 9.38. The molecule has 1 amide bonds. The van der Waals surface area contributed by atoms with Gasteiger partial charge in [-0.2, -0.15) is 0 Å². The number of ether oxygens (including phenoxy) is 1. The van der Waals surface area contributed by atoms with Crippen LogP contribution in [0.4, 0.5) is 0 Å². The van der Waals surface area contributed by atoms with E-state index in [0.717, 1.165) is 43.4 Å². The van der Waals surface area contributed by atoms with Crippen molar-refractivity contribution < 1.29 is 14.6 Å². The summed E-state index contributed by atoms with van der Waals surface area (Å²) >= 11 is 5.99. The van der Waals surface area contributed by atoms with Crippen molar-refractivity contribution in [3.63, 3.8) is 0 Å². The van der Waals surface area contributed by atoms with Crippen molar-refractivity contribution in [2.45, 2.75) is 31.8 Å². The van der Waals surface area contributed by atoms with E-state index in [9.17, 15) is 9.90 Å². The number of hydrogen-bond donors (Lipinski definition) is 1. The van der Waals surface area contributed by atoms with Crippen molar-refractivity contribution >= 4 is 17.5 Å². The smallest absolute Gasteiger partial charge is 0.253 e. The number of rotatable bonds is 6. The number of nitrogens with zero attached hydrogens (tertiary/aromatic N) is 1. The largest absolute Gasteiger partial charge is 0.506 e. The quantitative estimate of drug-likeness (QED) is 0.795. The van der Waals surface area contributed by atoms with Gasteiger partial charge >= 0.3 is 0 Å². The van der Waals surface area contributed by atoms with Gasteiger partial charge in [-0.25, -0.2) is 0 Å². The van der Waals surface area contributed by atoms with E-state index >= 15 is 0 Å². The molecular weight excluding hydrogens is 350 g/mol. The highest BCUT2D eigenvalue weighted by molar-refractivity contribution is 6.32. The highest BCUT2D eigenvalue weighted by atomic mass is 35.5. The van der Waals surface area contributed by atoms with Crippen LogP contribution in [0, 0.1) is 0 Å². The maximum absolute atomic E-state index is 12.7. The van der Waals surface area contributed by atoms with Gasteiger partial charge in [-0.15, -0.1) is 0 Å². The van der Waals surface area contributed by atoms with E-state index in [4.69, 9.17) is 16.3 Å². The van der Waals surface area contributed by atoms with Crippen LogP contribution in [-0.2, 0) is 4.74 Å². The Bertz CT molecular complexity index is 772. The van der Waals surface area contributed by atoms with E-state index in [1.54, 1.807) is 23.1 Å². The molecule has 1 N–H and O–H groups in total. The molecule has 0 aromatic heterocycles. The van der Waals surface area contributed by atoms with Crippen LogP contribution in [0.2, 0.25) is 5.02 Å². The van der Waals surface area contributed by atoms with Crippen molar-refractivity contribution in [3.05, 3.63) is 53.1 Å². The SMILES string of the molecule is CN(CCC[C@@H]1CCCO1)C(=O)c1cccc(-c2ccc(O)c(Cl)c2)c1. The van der Waals surface area contributed by atoms with Crippen molar-refractivity contribution in [2.24, 2.45) is 0 Å². The van der Waals surface area contributed by atoms with E-state index in [0.29, 0.717) is 23.2 Å². The molecule has 1 fully saturated rings. The number of aromatic hydroxyl groups is 1. The van der Waals surface area contributed by atoms with Gasteiger partial charge < -0.3 is 14.7 Å². The van der Waals surface area contributed by atoms with E-state index < -0.39 is 0 Å². The average molecular weight is 374 g/mol. The second kappa shape index (κ2) is 8.56. The fourth-order valence-electron chi connectivity index (χ4n) is 3.27. The van der Waals surface area contributed by atoms with Crippen molar-refractivity contribution in [3.8, 4) is 16.9 Å². The Hall–Kier alpha value is -2.04. The minimum atomic E-state index is 0.00376. The molecule has 1 aliphatic heterocycles. The lowest BCUT2D eigenvalue weighted by Gasteiger charge is -2.18. The number of benzene rings is 2. The normalized spacial score (nSPS) is 16.6. The molecule has 1 saturated heterocycles. The molecule has 0 unspecified atom stereocenters. The second-order valence-corrected chi connectivity index (χ2v) is 7.16. The lowest BCUT2D eigenvalue weighted by molar-refractivity contribution is 0.0763. The maximum Gasteiger partial charge on any atom is 0.253 e. The average Bonchev–Trinajstić information content (AvgIpc) is 3.17. The third-order valence-electron chi connectivity index (χ3n) is 4.78. The van der Waals surface area contributed by atoms with Crippen molar-refractivity contribution in [1.82, 2.24) is 4.90 Å². The summed E-state index contributed by atoms with van der Waals surface area (Å²) in [5.41, 5.74) is 2.40. The minimum absolute atomic E-state index is 0.00376. The first kappa shape index (κ1) is 18.7. The molecule has 1 heterocycles. The molecule has 26 heavy (non-hydrogen) atoms. The molecule has 0 saturated carbocycles. The molecule has 4 nitrogen and oxygen atoms in total. The molecule has 2 aromatic carbocycles. The van der Waals surface area contributed by atoms with Crippen molar-refractivity contribution in [2.75, 3.05) is 20.2 Å². The summed E-state index contributed by atoms with van der Waals surface area (Å²) in [4.78, 5) is 14.5. The van der Waals surface area contributed by atoms with E-state index in [1.807, 2.05) is 31.3 Å². The summed E-state index contributed by atoms with van der Waals surface area (Å²) in [6.45, 7) is 1.58. The van der Waals surface area contributed by atoms with Crippen LogP contribution in [0.15, 0.2) is 42.5 Å². The summed E-state index contributed by atoms with van der Waals surface area (Å²) in [6, 6.07) is 12.5. The lowest BCUT2D eigenvalue weighted by Crippen LogP contribution is -2.28. The van der Waals surface area contributed by atoms with Gasteiger partial charge in [-0.1, -0.05) is 29.8 Å². The summed E-state index contributed by atoms with van der Waals surface area (Å²) in [6.07, 6.45) is 4.59. The standard InChI is InChI=1S/C21H24ClNO3/c1-23(11-3-7-18-8-4-12-26-18)21(25)17-6-2-5-15(13-17)16-9-10-20(24)19(22)14-16/h2,5-6,9-10,13-14,18,24H,3-4,7-8,11-12H2,1H3/t18-/m1/s1. The summed E-state index contributed by atoms with van der Waals surface area (Å²) in [7, 11) is 1.84. The van der Waals surface area contributed by atoms with Gasteiger partial charge in [0.2, 0.25) is 0 Å². The summed E-state index contributed by atoms with van der Waals surface area (Å²) in [5.74, 6) is 0.0534. The highest BCUT2D eigenvalue weighted by Crippen LogP contribution is 2.30. The maximum atomic E-state index is 12.7. The van der Waals surface area contributed by atoms with Gasteiger partial charge in [0.25, 0.3) is 5.91 Å². The predicted octanol–water partition coefficient (Wildman–Crippen LogP) is 4.74. The van der Waals surface area contributed by atoms with Gasteiger partial charge in [0, 0.05) is 25.8 Å². The van der Waals surface area contributed by atoms with Gasteiger partial charge in [0.05, 0.1) is 11.1 Å². The van der Waals surface area contributed by atoms with Crippen LogP contribution in [-0.4, -0.2) is 42.2 Å². The predicted molar refractivity (Wildman–Crippen MR) is 104 cm³/mol. The number of carbonyl (C=O) groups excluding carboxylic acids is 1. The third kappa shape index (κ3) is 4.57. The van der Waals surface area contributed by atoms with Crippen LogP contribution < -0.4 is 0 Å². The number of carbonyl (C=O) groups is 1. The monoisotopic (exact) mass is 373 g/mol. The summed E-state index contributed by atoms with van der Waals surface area (Å²) in [5, 5.41) is 9.86. The minimum Gasteiger partial charge on any atom is -0.506 e. The molecule has 3 rings (SSSR count). The summed E-state index contributed by atoms with van der Waals surface area (Å²) < 4.78 is 5.63. The Balaban J connectivity index is 1.64. The lowest BCUT2D eigenvalue weighted by atomic mass is 10.0. The van der Waals surface area contributed by atoms with E-state index in [1.165, 1.54) is 0 Å². The fourth-order valence-corrected chi connectivity index (χ4v) is 3.45. The molecule has 0 bridgehead atoms. The molecule has 5 heteroatoms. The first-order valence-electron chi connectivity index (χ1n) is 9.00. The topological polar surface area (TPSA) is 49.8 Å². The molecule has 0 spiro atoms. The number of phenolic OH excluding ortho intramolecular Hbond substituents is 1. The molecule has 0 aliphatic carbocycles. The van der Waals surface area contributed by atoms with Gasteiger partial charge in [-0.3, -0.25) is 4.79 Å². The van der Waals surface area contributed by atoms with E-state index in [2.05, 4.69) is 0 Å². The van der Waals surface area contributed by atoms with Crippen molar-refractivity contribution in [1.29, 1.82) is 0 Å². The second-order valence-electron chi connectivity index (χ2n) is 6.75. The fraction of sp³-hybridized carbons (Fsp3) is 0.381. The Morgan fingerprint density at radius 3 is 2.81 bits per heavy atom. The zero-order valence-corrected chi connectivity index (χ0v) is 15.7. The van der Waals surface area contributed by atoms with Crippen LogP contribution in [0.1, 0.15) is 36.0 Å². The van der Waals surface area contributed by atoms with Crippen LogP contribution >= 0.6 is 11.6 Å². The zero-order valence-electron chi connectivity index (χ0n) is 15.0. The molecule has 1 atom stereocenters. The molecule has 2 aromatic rings. The number of phenols is 1. The number of amides is 1. The van der Waals surface area contributed by atoms with E-state index in [-0.39, 0.29) is 11.7 Å². The highest BCUT2D eigenvalue weighted by Gasteiger charge is 2.17. The number of halogens is 1. The van der Waals surface area contributed by atoms with Crippen LogP contribution in [0.3, 0.4) is 0 Å². The Labute approximate surface area is 159 Å². The van der Waals surface area contributed by atoms with Gasteiger partial charge in [-0.05, 0) is 61.1 Å². The third-order valence-corrected chi connectivity index (χ3v) is 5.08. The van der Waals surface area contributed by atoms with Crippen LogP contribution in [0.5, 0.6) is 5.75 Å². The Morgan fingerprint density at radius 2 is 2.08 bits per heavy atom. The molecule has 1 aliphatic rings. The molecule has 138 valence electrons. The molecular formula is C21H24ClNO3. The Kier molecular flexibility index (Phi) is 6.17. The van der Waals surface area contributed by atoms with Gasteiger partial charge in [0.15, 0.2) is 0 Å². The van der Waals surface area contributed by atoms with Crippen LogP contribution in [0.25, 0.3) is 11.1 Å².